The fraction of sp³-hybridized carbons (Fsp3) is 0. The van der Waals surface area contributed by atoms with Crippen LogP contribution in [0.4, 0.5) is 8.78 Å². The Morgan fingerprint density at radius 2 is 2.09 bits per heavy atom. The van der Waals surface area contributed by atoms with E-state index < -0.39 is 11.8 Å². The molecule has 0 radical (unpaired) electrons. The van der Waals surface area contributed by atoms with E-state index in [4.69, 9.17) is 0 Å². The summed E-state index contributed by atoms with van der Waals surface area (Å²) in [5.41, 5.74) is 0.419. The zero-order valence-electron chi connectivity index (χ0n) is 5.46. The van der Waals surface area contributed by atoms with Crippen molar-refractivity contribution in [2.75, 3.05) is 0 Å². The predicted octanol–water partition coefficient (Wildman–Crippen LogP) is 1.61. The molecule has 0 saturated heterocycles. The fourth-order valence-corrected chi connectivity index (χ4v) is 0.957. The van der Waals surface area contributed by atoms with Crippen LogP contribution in [0, 0.1) is 11.8 Å². The quantitative estimate of drug-likeness (QED) is 0.527. The zero-order valence-corrected chi connectivity index (χ0v) is 5.46. The number of nitrogens with zero attached hydrogens (tertiary/aromatic N) is 2. The van der Waals surface area contributed by atoms with Gasteiger partial charge in [-0.05, 0) is 6.07 Å². The van der Waals surface area contributed by atoms with Gasteiger partial charge in [0.1, 0.15) is 12.1 Å². The van der Waals surface area contributed by atoms with Crippen LogP contribution in [0.1, 0.15) is 0 Å². The summed E-state index contributed by atoms with van der Waals surface area (Å²) in [4.78, 5) is 3.66. The molecule has 2 heterocycles. The lowest BCUT2D eigenvalue weighted by atomic mass is 10.4. The van der Waals surface area contributed by atoms with E-state index in [1.54, 1.807) is 0 Å². The highest BCUT2D eigenvalue weighted by molar-refractivity contribution is 5.44. The average molecular weight is 154 g/mol. The van der Waals surface area contributed by atoms with Gasteiger partial charge in [0.2, 0.25) is 5.95 Å². The van der Waals surface area contributed by atoms with Gasteiger partial charge >= 0.3 is 0 Å². The Balaban J connectivity index is 2.91. The first kappa shape index (κ1) is 6.27. The Hall–Kier alpha value is -1.45. The molecule has 56 valence electrons. The number of halogens is 2. The maximum atomic E-state index is 12.8. The van der Waals surface area contributed by atoms with Gasteiger partial charge in [-0.1, -0.05) is 0 Å². The Kier molecular flexibility index (Phi) is 1.15. The molecule has 0 N–H and O–H groups in total. The molecule has 0 atom stereocenters. The van der Waals surface area contributed by atoms with Crippen LogP contribution in [0.25, 0.3) is 5.52 Å². The van der Waals surface area contributed by atoms with Gasteiger partial charge in [-0.25, -0.2) is 9.37 Å². The largest absolute Gasteiger partial charge is 0.275 e. The molecule has 0 unspecified atom stereocenters. The summed E-state index contributed by atoms with van der Waals surface area (Å²) in [7, 11) is 0. The Morgan fingerprint density at radius 3 is 2.91 bits per heavy atom. The highest BCUT2D eigenvalue weighted by atomic mass is 19.1. The summed E-state index contributed by atoms with van der Waals surface area (Å²) in [6.07, 6.45) is 2.69. The van der Waals surface area contributed by atoms with Crippen LogP contribution in [-0.4, -0.2) is 9.38 Å². The third-order valence-corrected chi connectivity index (χ3v) is 1.44. The third-order valence-electron chi connectivity index (χ3n) is 1.44. The van der Waals surface area contributed by atoms with Crippen molar-refractivity contribution in [3.63, 3.8) is 0 Å². The normalized spacial score (nSPS) is 10.7. The molecule has 2 nitrogen and oxygen atoms in total. The monoisotopic (exact) mass is 154 g/mol. The van der Waals surface area contributed by atoms with Gasteiger partial charge in [0, 0.05) is 6.07 Å². The van der Waals surface area contributed by atoms with Crippen molar-refractivity contribution in [3.8, 4) is 0 Å². The molecule has 0 aromatic carbocycles. The molecule has 2 aromatic rings. The first-order valence-corrected chi connectivity index (χ1v) is 3.04. The second-order valence-electron chi connectivity index (χ2n) is 2.18. The summed E-state index contributed by atoms with van der Waals surface area (Å²) in [5, 5.41) is 0. The van der Waals surface area contributed by atoms with Crippen molar-refractivity contribution in [2.24, 2.45) is 0 Å². The number of imidazole rings is 1. The van der Waals surface area contributed by atoms with Gasteiger partial charge in [0.25, 0.3) is 0 Å². The average Bonchev–Trinajstić information content (AvgIpc) is 2.34. The maximum absolute atomic E-state index is 12.8. The molecule has 0 aliphatic carbocycles. The van der Waals surface area contributed by atoms with E-state index in [1.165, 1.54) is 23.0 Å². The standard InChI is InChI=1S/C7H4F2N2/c8-5-1-6-3-10-4-11(6)7(9)2-5/h1-4H. The number of aromatic nitrogens is 2. The summed E-state index contributed by atoms with van der Waals surface area (Å²) in [6, 6.07) is 2.03. The smallest absolute Gasteiger partial charge is 0.202 e. The van der Waals surface area contributed by atoms with Crippen LogP contribution >= 0.6 is 0 Å². The molecule has 0 aliphatic heterocycles. The van der Waals surface area contributed by atoms with E-state index in [0.717, 1.165) is 6.07 Å². The zero-order chi connectivity index (χ0) is 7.84. The molecular weight excluding hydrogens is 150 g/mol. The Bertz CT molecular complexity index is 394. The van der Waals surface area contributed by atoms with Crippen LogP contribution in [0.3, 0.4) is 0 Å². The summed E-state index contributed by atoms with van der Waals surface area (Å²) < 4.78 is 26.4. The van der Waals surface area contributed by atoms with Crippen molar-refractivity contribution < 1.29 is 8.78 Å². The molecule has 11 heavy (non-hydrogen) atoms. The van der Waals surface area contributed by atoms with Crippen LogP contribution in [-0.2, 0) is 0 Å². The summed E-state index contributed by atoms with van der Waals surface area (Å²) in [6.45, 7) is 0. The second-order valence-corrected chi connectivity index (χ2v) is 2.18. The number of pyridine rings is 1. The van der Waals surface area contributed by atoms with Crippen molar-refractivity contribution in [1.82, 2.24) is 9.38 Å². The highest BCUT2D eigenvalue weighted by Crippen LogP contribution is 2.08. The van der Waals surface area contributed by atoms with Gasteiger partial charge in [-0.15, -0.1) is 0 Å². The summed E-state index contributed by atoms with van der Waals surface area (Å²) >= 11 is 0. The molecule has 0 bridgehead atoms. The molecule has 0 aliphatic rings. The molecule has 0 saturated carbocycles. The molecule has 0 amide bonds. The fourth-order valence-electron chi connectivity index (χ4n) is 0.957. The van der Waals surface area contributed by atoms with E-state index >= 15 is 0 Å². The topological polar surface area (TPSA) is 17.3 Å². The predicted molar refractivity (Wildman–Crippen MR) is 35.1 cm³/mol. The molecule has 0 spiro atoms. The third kappa shape index (κ3) is 0.869. The van der Waals surface area contributed by atoms with E-state index in [2.05, 4.69) is 4.98 Å². The van der Waals surface area contributed by atoms with E-state index in [9.17, 15) is 8.78 Å². The lowest BCUT2D eigenvalue weighted by Crippen LogP contribution is -1.90. The van der Waals surface area contributed by atoms with Gasteiger partial charge in [0.15, 0.2) is 0 Å². The first-order valence-electron chi connectivity index (χ1n) is 3.04. The van der Waals surface area contributed by atoms with Gasteiger partial charge in [0.05, 0.1) is 11.7 Å². The van der Waals surface area contributed by atoms with Gasteiger partial charge in [-0.3, -0.25) is 4.40 Å². The van der Waals surface area contributed by atoms with Crippen LogP contribution in [0.2, 0.25) is 0 Å². The van der Waals surface area contributed by atoms with Crippen molar-refractivity contribution in [3.05, 3.63) is 36.4 Å². The Morgan fingerprint density at radius 1 is 1.27 bits per heavy atom. The lowest BCUT2D eigenvalue weighted by Gasteiger charge is -1.94. The van der Waals surface area contributed by atoms with Crippen LogP contribution in [0.5, 0.6) is 0 Å². The van der Waals surface area contributed by atoms with Gasteiger partial charge in [-0.2, -0.15) is 4.39 Å². The van der Waals surface area contributed by atoms with Crippen molar-refractivity contribution in [1.29, 1.82) is 0 Å². The van der Waals surface area contributed by atoms with E-state index in [0.29, 0.717) is 5.52 Å². The molecular formula is C7H4F2N2. The highest BCUT2D eigenvalue weighted by Gasteiger charge is 2.01. The molecule has 2 aromatic heterocycles. The first-order chi connectivity index (χ1) is 5.27. The minimum Gasteiger partial charge on any atom is -0.275 e. The van der Waals surface area contributed by atoms with Crippen molar-refractivity contribution in [2.45, 2.75) is 0 Å². The number of fused-ring (bicyclic) bond motifs is 1. The van der Waals surface area contributed by atoms with E-state index in [1.807, 2.05) is 0 Å². The number of hydrogen-bond donors (Lipinski definition) is 0. The maximum Gasteiger partial charge on any atom is 0.202 e. The lowest BCUT2D eigenvalue weighted by molar-refractivity contribution is 0.541. The van der Waals surface area contributed by atoms with Gasteiger partial charge < -0.3 is 0 Å². The van der Waals surface area contributed by atoms with Crippen molar-refractivity contribution >= 4 is 5.52 Å². The van der Waals surface area contributed by atoms with Crippen LogP contribution in [0.15, 0.2) is 24.7 Å². The SMILES string of the molecule is Fc1cc(F)n2cncc2c1. The second kappa shape index (κ2) is 2.02. The number of hydrogen-bond acceptors (Lipinski definition) is 1. The Labute approximate surface area is 61.1 Å². The minimum atomic E-state index is -0.641. The molecule has 0 fully saturated rings. The van der Waals surface area contributed by atoms with E-state index in [-0.39, 0.29) is 0 Å². The molecule has 2 rings (SSSR count). The summed E-state index contributed by atoms with van der Waals surface area (Å²) in [5.74, 6) is -1.23. The minimum absolute atomic E-state index is 0.419. The number of rotatable bonds is 0. The van der Waals surface area contributed by atoms with Crippen LogP contribution < -0.4 is 0 Å². The molecule has 4 heteroatoms.